The molecular formula is C33H51NO7. The zero-order chi connectivity index (χ0) is 30.5. The molecule has 8 heteroatoms. The van der Waals surface area contributed by atoms with Crippen LogP contribution in [0, 0.1) is 15.5 Å². The van der Waals surface area contributed by atoms with Gasteiger partial charge in [-0.3, -0.25) is 19.7 Å². The molecule has 0 atom stereocenters. The van der Waals surface area contributed by atoms with Crippen LogP contribution < -0.4 is 0 Å². The molecule has 0 bridgehead atoms. The second-order valence-electron chi connectivity index (χ2n) is 11.7. The SMILES string of the molecule is C=CCCCCCCCCC(=O)OCc1ccc(C(=O)OCCCCCCCCCC(=O)C(C)(C)C)cc1[N+](=O)[O-]. The van der Waals surface area contributed by atoms with E-state index in [1.807, 2.05) is 26.8 Å². The van der Waals surface area contributed by atoms with Crippen LogP contribution in [0.15, 0.2) is 30.9 Å². The second kappa shape index (κ2) is 20.8. The van der Waals surface area contributed by atoms with Crippen LogP contribution in [0.2, 0.25) is 0 Å². The molecule has 0 saturated carbocycles. The molecule has 0 aliphatic carbocycles. The standard InChI is InChI=1S/C33H51NO7/c1-5-6-7-8-9-12-15-18-21-31(36)41-26-28-23-22-27(25-29(28)34(38)39)32(37)40-24-19-16-13-10-11-14-17-20-30(35)33(2,3)4/h5,22-23,25H,1,6-21,24,26H2,2-4H3. The lowest BCUT2D eigenvalue weighted by Gasteiger charge is -2.16. The first-order chi connectivity index (χ1) is 19.6. The normalized spacial score (nSPS) is 11.2. The Balaban J connectivity index is 2.29. The van der Waals surface area contributed by atoms with Crippen molar-refractivity contribution >= 4 is 23.4 Å². The molecule has 8 nitrogen and oxygen atoms in total. The van der Waals surface area contributed by atoms with Crippen molar-refractivity contribution in [3.8, 4) is 0 Å². The third kappa shape index (κ3) is 16.7. The maximum absolute atomic E-state index is 12.4. The van der Waals surface area contributed by atoms with Gasteiger partial charge >= 0.3 is 11.9 Å². The Labute approximate surface area is 246 Å². The first-order valence-corrected chi connectivity index (χ1v) is 15.3. The van der Waals surface area contributed by atoms with E-state index in [1.165, 1.54) is 18.2 Å². The highest BCUT2D eigenvalue weighted by Gasteiger charge is 2.20. The van der Waals surface area contributed by atoms with Crippen LogP contribution in [-0.2, 0) is 25.7 Å². The average molecular weight is 574 g/mol. The lowest BCUT2D eigenvalue weighted by Crippen LogP contribution is -2.19. The van der Waals surface area contributed by atoms with Gasteiger partial charge in [0.05, 0.1) is 22.7 Å². The molecule has 41 heavy (non-hydrogen) atoms. The fourth-order valence-electron chi connectivity index (χ4n) is 4.37. The lowest BCUT2D eigenvalue weighted by atomic mass is 9.88. The topological polar surface area (TPSA) is 113 Å². The predicted molar refractivity (Wildman–Crippen MR) is 162 cm³/mol. The Bertz CT molecular complexity index is 965. The van der Waals surface area contributed by atoms with Crippen molar-refractivity contribution in [2.75, 3.05) is 6.61 Å². The molecule has 1 aromatic carbocycles. The highest BCUT2D eigenvalue weighted by Crippen LogP contribution is 2.23. The largest absolute Gasteiger partial charge is 0.462 e. The van der Waals surface area contributed by atoms with E-state index in [-0.39, 0.29) is 47.8 Å². The van der Waals surface area contributed by atoms with Gasteiger partial charge in [0, 0.05) is 24.3 Å². The number of nitrogens with zero attached hydrogens (tertiary/aromatic N) is 1. The summed E-state index contributed by atoms with van der Waals surface area (Å²) in [6, 6.07) is 4.10. The Kier molecular flexibility index (Phi) is 18.3. The summed E-state index contributed by atoms with van der Waals surface area (Å²) in [6.45, 7) is 9.62. The number of allylic oxidation sites excluding steroid dienone is 1. The number of nitro benzene ring substituents is 1. The molecule has 0 aliphatic heterocycles. The molecule has 1 aromatic rings. The van der Waals surface area contributed by atoms with Gasteiger partial charge in [-0.05, 0) is 44.2 Å². The van der Waals surface area contributed by atoms with E-state index in [0.717, 1.165) is 89.9 Å². The third-order valence-electron chi connectivity index (χ3n) is 7.06. The number of carbonyl (C=O) groups excluding carboxylic acids is 3. The molecule has 230 valence electrons. The molecule has 0 aliphatic rings. The predicted octanol–water partition coefficient (Wildman–Crippen LogP) is 8.84. The van der Waals surface area contributed by atoms with Crippen molar-refractivity contribution in [3.05, 3.63) is 52.1 Å². The van der Waals surface area contributed by atoms with Crippen molar-refractivity contribution in [1.29, 1.82) is 0 Å². The molecule has 0 unspecified atom stereocenters. The molecule has 0 fully saturated rings. The first-order valence-electron chi connectivity index (χ1n) is 15.3. The fourth-order valence-corrected chi connectivity index (χ4v) is 4.37. The quantitative estimate of drug-likeness (QED) is 0.0422. The average Bonchev–Trinajstić information content (AvgIpc) is 2.93. The Morgan fingerprint density at radius 3 is 1.98 bits per heavy atom. The zero-order valence-electron chi connectivity index (χ0n) is 25.5. The molecule has 0 heterocycles. The van der Waals surface area contributed by atoms with E-state index in [9.17, 15) is 24.5 Å². The molecule has 0 spiro atoms. The lowest BCUT2D eigenvalue weighted by molar-refractivity contribution is -0.385. The number of esters is 2. The van der Waals surface area contributed by atoms with Crippen LogP contribution in [0.4, 0.5) is 5.69 Å². The van der Waals surface area contributed by atoms with Gasteiger partial charge in [0.25, 0.3) is 5.69 Å². The van der Waals surface area contributed by atoms with Crippen LogP contribution in [-0.4, -0.2) is 29.3 Å². The van der Waals surface area contributed by atoms with Crippen molar-refractivity contribution in [2.24, 2.45) is 5.41 Å². The summed E-state index contributed by atoms with van der Waals surface area (Å²) in [4.78, 5) is 47.4. The Morgan fingerprint density at radius 1 is 0.829 bits per heavy atom. The summed E-state index contributed by atoms with van der Waals surface area (Å²) in [7, 11) is 0. The number of hydrogen-bond acceptors (Lipinski definition) is 7. The monoisotopic (exact) mass is 573 g/mol. The molecule has 1 rings (SSSR count). The number of unbranched alkanes of at least 4 members (excludes halogenated alkanes) is 12. The number of carbonyl (C=O) groups is 3. The van der Waals surface area contributed by atoms with Crippen LogP contribution in [0.25, 0.3) is 0 Å². The summed E-state index contributed by atoms with van der Waals surface area (Å²) in [5, 5.41) is 11.6. The summed E-state index contributed by atoms with van der Waals surface area (Å²) >= 11 is 0. The second-order valence-corrected chi connectivity index (χ2v) is 11.7. The number of ether oxygens (including phenoxy) is 2. The number of benzene rings is 1. The van der Waals surface area contributed by atoms with Crippen molar-refractivity contribution in [3.63, 3.8) is 0 Å². The Morgan fingerprint density at radius 2 is 1.39 bits per heavy atom. The molecule has 0 radical (unpaired) electrons. The highest BCUT2D eigenvalue weighted by molar-refractivity contribution is 5.90. The molecule has 0 saturated heterocycles. The highest BCUT2D eigenvalue weighted by atomic mass is 16.6. The smallest absolute Gasteiger partial charge is 0.338 e. The van der Waals surface area contributed by atoms with Crippen molar-refractivity contribution in [2.45, 2.75) is 130 Å². The van der Waals surface area contributed by atoms with Crippen molar-refractivity contribution < 1.29 is 28.8 Å². The van der Waals surface area contributed by atoms with E-state index in [4.69, 9.17) is 9.47 Å². The van der Waals surface area contributed by atoms with Gasteiger partial charge in [-0.15, -0.1) is 6.58 Å². The Hall–Kier alpha value is -3.03. The van der Waals surface area contributed by atoms with Crippen LogP contribution in [0.1, 0.15) is 139 Å². The fraction of sp³-hybridized carbons (Fsp3) is 0.667. The summed E-state index contributed by atoms with van der Waals surface area (Å²) < 4.78 is 10.6. The summed E-state index contributed by atoms with van der Waals surface area (Å²) in [5.41, 5.74) is -0.186. The summed E-state index contributed by atoms with van der Waals surface area (Å²) in [5.74, 6) is -0.681. The third-order valence-corrected chi connectivity index (χ3v) is 7.06. The maximum Gasteiger partial charge on any atom is 0.338 e. The van der Waals surface area contributed by atoms with E-state index < -0.39 is 10.9 Å². The molecule has 0 aromatic heterocycles. The van der Waals surface area contributed by atoms with Gasteiger partial charge in [0.15, 0.2) is 0 Å². The van der Waals surface area contributed by atoms with E-state index in [2.05, 4.69) is 6.58 Å². The van der Waals surface area contributed by atoms with Gasteiger partial charge in [0.2, 0.25) is 0 Å². The molecular weight excluding hydrogens is 522 g/mol. The molecule has 0 amide bonds. The number of nitro groups is 1. The van der Waals surface area contributed by atoms with Gasteiger partial charge in [0.1, 0.15) is 12.4 Å². The van der Waals surface area contributed by atoms with Gasteiger partial charge < -0.3 is 9.47 Å². The number of Topliss-reactive ketones (excluding diaryl/α,β-unsaturated/α-hetero) is 1. The number of hydrogen-bond donors (Lipinski definition) is 0. The minimum Gasteiger partial charge on any atom is -0.462 e. The van der Waals surface area contributed by atoms with Crippen LogP contribution >= 0.6 is 0 Å². The van der Waals surface area contributed by atoms with E-state index >= 15 is 0 Å². The van der Waals surface area contributed by atoms with Gasteiger partial charge in [-0.25, -0.2) is 4.79 Å². The number of rotatable bonds is 23. The van der Waals surface area contributed by atoms with Gasteiger partial charge in [-0.2, -0.15) is 0 Å². The minimum absolute atomic E-state index is 0.102. The number of ketones is 1. The van der Waals surface area contributed by atoms with E-state index in [1.54, 1.807) is 0 Å². The van der Waals surface area contributed by atoms with Crippen molar-refractivity contribution in [1.82, 2.24) is 0 Å². The first kappa shape index (κ1) is 36.0. The van der Waals surface area contributed by atoms with Gasteiger partial charge in [-0.1, -0.05) is 84.6 Å². The van der Waals surface area contributed by atoms with E-state index in [0.29, 0.717) is 12.2 Å². The molecule has 0 N–H and O–H groups in total. The maximum atomic E-state index is 12.4. The summed E-state index contributed by atoms with van der Waals surface area (Å²) in [6.07, 6.45) is 16.9. The zero-order valence-corrected chi connectivity index (χ0v) is 25.5. The minimum atomic E-state index is -0.607. The van der Waals surface area contributed by atoms with Crippen LogP contribution in [0.3, 0.4) is 0 Å². The van der Waals surface area contributed by atoms with Crippen LogP contribution in [0.5, 0.6) is 0 Å².